The zero-order valence-electron chi connectivity index (χ0n) is 15.5. The standard InChI is InChI=1S/C18H24N4O4/c1-17(2,3)16(23)20-13-6-5-12(11-19-13)14-21-15(22-26-14)18(24-4)7-9-25-10-8-18/h5-6,11H,7-10H2,1-4H3,(H,19,20,23). The molecule has 1 saturated heterocycles. The smallest absolute Gasteiger partial charge is 0.259 e. The Kier molecular flexibility index (Phi) is 5.06. The first-order chi connectivity index (χ1) is 12.3. The molecule has 2 aromatic heterocycles. The molecule has 0 atom stereocenters. The van der Waals surface area contributed by atoms with E-state index < -0.39 is 11.0 Å². The minimum absolute atomic E-state index is 0.0978. The lowest BCUT2D eigenvalue weighted by molar-refractivity contribution is -0.123. The van der Waals surface area contributed by atoms with Gasteiger partial charge in [0, 0.05) is 44.8 Å². The number of carbonyl (C=O) groups excluding carboxylic acids is 1. The van der Waals surface area contributed by atoms with Crippen molar-refractivity contribution >= 4 is 11.7 Å². The second-order valence-corrected chi connectivity index (χ2v) is 7.37. The highest BCUT2D eigenvalue weighted by Crippen LogP contribution is 2.34. The van der Waals surface area contributed by atoms with Gasteiger partial charge in [-0.3, -0.25) is 4.79 Å². The summed E-state index contributed by atoms with van der Waals surface area (Å²) in [4.78, 5) is 20.8. The third kappa shape index (κ3) is 3.76. The van der Waals surface area contributed by atoms with Gasteiger partial charge in [-0.25, -0.2) is 4.98 Å². The maximum Gasteiger partial charge on any atom is 0.259 e. The summed E-state index contributed by atoms with van der Waals surface area (Å²) >= 11 is 0. The van der Waals surface area contributed by atoms with Crippen LogP contribution in [0.25, 0.3) is 11.5 Å². The van der Waals surface area contributed by atoms with Crippen LogP contribution >= 0.6 is 0 Å². The summed E-state index contributed by atoms with van der Waals surface area (Å²) in [6, 6.07) is 3.50. The van der Waals surface area contributed by atoms with Crippen molar-refractivity contribution in [1.82, 2.24) is 15.1 Å². The first-order valence-electron chi connectivity index (χ1n) is 8.59. The second-order valence-electron chi connectivity index (χ2n) is 7.37. The zero-order chi connectivity index (χ0) is 18.8. The van der Waals surface area contributed by atoms with E-state index in [2.05, 4.69) is 20.4 Å². The van der Waals surface area contributed by atoms with Crippen LogP contribution < -0.4 is 5.32 Å². The lowest BCUT2D eigenvalue weighted by Crippen LogP contribution is -2.36. The molecular weight excluding hydrogens is 336 g/mol. The number of nitrogens with zero attached hydrogens (tertiary/aromatic N) is 3. The topological polar surface area (TPSA) is 99.4 Å². The molecule has 1 aliphatic heterocycles. The van der Waals surface area contributed by atoms with Crippen LogP contribution in [0.4, 0.5) is 5.82 Å². The Morgan fingerprint density at radius 2 is 2.00 bits per heavy atom. The van der Waals surface area contributed by atoms with Gasteiger partial charge in [-0.2, -0.15) is 4.98 Å². The first kappa shape index (κ1) is 18.5. The maximum absolute atomic E-state index is 12.0. The fourth-order valence-electron chi connectivity index (χ4n) is 2.64. The Hall–Kier alpha value is -2.32. The lowest BCUT2D eigenvalue weighted by Gasteiger charge is -2.32. The van der Waals surface area contributed by atoms with E-state index >= 15 is 0 Å². The Bertz CT molecular complexity index is 758. The number of amides is 1. The molecule has 0 unspecified atom stereocenters. The van der Waals surface area contributed by atoms with Gasteiger partial charge in [0.1, 0.15) is 11.4 Å². The number of methoxy groups -OCH3 is 1. The van der Waals surface area contributed by atoms with Gasteiger partial charge in [-0.1, -0.05) is 25.9 Å². The van der Waals surface area contributed by atoms with Gasteiger partial charge in [0.15, 0.2) is 0 Å². The summed E-state index contributed by atoms with van der Waals surface area (Å²) in [6.45, 7) is 6.73. The predicted molar refractivity (Wildman–Crippen MR) is 94.4 cm³/mol. The Morgan fingerprint density at radius 1 is 1.27 bits per heavy atom. The second kappa shape index (κ2) is 7.13. The third-order valence-corrected chi connectivity index (χ3v) is 4.46. The Morgan fingerprint density at radius 3 is 2.58 bits per heavy atom. The number of nitrogens with one attached hydrogen (secondary N) is 1. The van der Waals surface area contributed by atoms with Gasteiger partial charge < -0.3 is 19.3 Å². The van der Waals surface area contributed by atoms with E-state index in [0.29, 0.717) is 49.2 Å². The predicted octanol–water partition coefficient (Wildman–Crippen LogP) is 2.77. The van der Waals surface area contributed by atoms with Crippen molar-refractivity contribution in [2.24, 2.45) is 5.41 Å². The Labute approximate surface area is 152 Å². The molecule has 8 nitrogen and oxygen atoms in total. The van der Waals surface area contributed by atoms with Gasteiger partial charge in [-0.15, -0.1) is 0 Å². The third-order valence-electron chi connectivity index (χ3n) is 4.46. The van der Waals surface area contributed by atoms with Gasteiger partial charge in [-0.05, 0) is 12.1 Å². The average molecular weight is 360 g/mol. The van der Waals surface area contributed by atoms with Crippen LogP contribution in [0.3, 0.4) is 0 Å². The van der Waals surface area contributed by atoms with E-state index in [1.807, 2.05) is 20.8 Å². The van der Waals surface area contributed by atoms with Crippen LogP contribution in [-0.2, 0) is 19.9 Å². The monoisotopic (exact) mass is 360 g/mol. The summed E-state index contributed by atoms with van der Waals surface area (Å²) in [5.41, 5.74) is -0.385. The minimum Gasteiger partial charge on any atom is -0.381 e. The SMILES string of the molecule is COC1(c2noc(-c3ccc(NC(=O)C(C)(C)C)nc3)n2)CCOCC1. The van der Waals surface area contributed by atoms with E-state index in [9.17, 15) is 4.79 Å². The molecule has 0 radical (unpaired) electrons. The van der Waals surface area contributed by atoms with Gasteiger partial charge in [0.2, 0.25) is 11.7 Å². The van der Waals surface area contributed by atoms with Gasteiger partial charge in [0.25, 0.3) is 5.89 Å². The van der Waals surface area contributed by atoms with Crippen molar-refractivity contribution in [2.45, 2.75) is 39.2 Å². The largest absolute Gasteiger partial charge is 0.381 e. The Balaban J connectivity index is 1.76. The van der Waals surface area contributed by atoms with E-state index in [1.54, 1.807) is 25.4 Å². The molecule has 1 fully saturated rings. The highest BCUT2D eigenvalue weighted by molar-refractivity contribution is 5.93. The molecule has 0 spiro atoms. The van der Waals surface area contributed by atoms with Crippen LogP contribution in [0.2, 0.25) is 0 Å². The number of rotatable bonds is 4. The maximum atomic E-state index is 12.0. The molecule has 0 bridgehead atoms. The minimum atomic E-state index is -0.575. The summed E-state index contributed by atoms with van der Waals surface area (Å²) in [5, 5.41) is 6.88. The van der Waals surface area contributed by atoms with Gasteiger partial charge >= 0.3 is 0 Å². The van der Waals surface area contributed by atoms with Crippen LogP contribution in [0.15, 0.2) is 22.9 Å². The van der Waals surface area contributed by atoms with Crippen LogP contribution in [-0.4, -0.2) is 41.4 Å². The van der Waals surface area contributed by atoms with Crippen molar-refractivity contribution in [1.29, 1.82) is 0 Å². The number of carbonyl (C=O) groups is 1. The molecule has 3 heterocycles. The molecule has 0 aromatic carbocycles. The van der Waals surface area contributed by atoms with Crippen molar-refractivity contribution in [2.75, 3.05) is 25.6 Å². The van der Waals surface area contributed by atoms with E-state index in [0.717, 1.165) is 0 Å². The fraction of sp³-hybridized carbons (Fsp3) is 0.556. The van der Waals surface area contributed by atoms with Crippen molar-refractivity contribution in [3.63, 3.8) is 0 Å². The molecule has 1 aliphatic rings. The molecule has 3 rings (SSSR count). The molecule has 2 aromatic rings. The quantitative estimate of drug-likeness (QED) is 0.895. The number of hydrogen-bond acceptors (Lipinski definition) is 7. The van der Waals surface area contributed by atoms with Crippen LogP contribution in [0, 0.1) is 5.41 Å². The molecule has 140 valence electrons. The molecular formula is C18H24N4O4. The highest BCUT2D eigenvalue weighted by Gasteiger charge is 2.39. The molecule has 0 saturated carbocycles. The molecule has 26 heavy (non-hydrogen) atoms. The summed E-state index contributed by atoms with van der Waals surface area (Å²) in [6.07, 6.45) is 2.95. The number of hydrogen-bond donors (Lipinski definition) is 1. The molecule has 8 heteroatoms. The summed E-state index contributed by atoms with van der Waals surface area (Å²) in [5.74, 6) is 1.26. The molecule has 0 aliphatic carbocycles. The number of pyridine rings is 1. The van der Waals surface area contributed by atoms with Gasteiger partial charge in [0.05, 0.1) is 5.56 Å². The summed E-state index contributed by atoms with van der Waals surface area (Å²) in [7, 11) is 1.65. The number of ether oxygens (including phenoxy) is 2. The zero-order valence-corrected chi connectivity index (χ0v) is 15.5. The van der Waals surface area contributed by atoms with Crippen molar-refractivity contribution in [3.05, 3.63) is 24.2 Å². The van der Waals surface area contributed by atoms with Crippen LogP contribution in [0.1, 0.15) is 39.4 Å². The fourth-order valence-corrected chi connectivity index (χ4v) is 2.64. The molecule has 1 N–H and O–H groups in total. The highest BCUT2D eigenvalue weighted by atomic mass is 16.5. The van der Waals surface area contributed by atoms with E-state index in [4.69, 9.17) is 14.0 Å². The number of aromatic nitrogens is 3. The van der Waals surface area contributed by atoms with E-state index in [1.165, 1.54) is 0 Å². The first-order valence-corrected chi connectivity index (χ1v) is 8.59. The van der Waals surface area contributed by atoms with E-state index in [-0.39, 0.29) is 5.91 Å². The molecule has 1 amide bonds. The number of anilines is 1. The van der Waals surface area contributed by atoms with Crippen molar-refractivity contribution < 1.29 is 18.8 Å². The normalized spacial score (nSPS) is 17.1. The average Bonchev–Trinajstić information content (AvgIpc) is 3.13. The van der Waals surface area contributed by atoms with Crippen LogP contribution in [0.5, 0.6) is 0 Å². The lowest BCUT2D eigenvalue weighted by atomic mass is 9.93. The summed E-state index contributed by atoms with van der Waals surface area (Å²) < 4.78 is 16.5. The van der Waals surface area contributed by atoms with Crippen molar-refractivity contribution in [3.8, 4) is 11.5 Å².